The number of amides is 2. The highest BCUT2D eigenvalue weighted by atomic mass is 35.5. The van der Waals surface area contributed by atoms with Crippen LogP contribution in [0.1, 0.15) is 13.8 Å². The van der Waals surface area contributed by atoms with Crippen LogP contribution >= 0.6 is 12.4 Å². The van der Waals surface area contributed by atoms with Crippen molar-refractivity contribution in [2.75, 3.05) is 32.8 Å². The molecule has 0 aromatic carbocycles. The highest BCUT2D eigenvalue weighted by molar-refractivity contribution is 5.87. The zero-order valence-corrected chi connectivity index (χ0v) is 11.7. The minimum atomic E-state index is -0.563. The van der Waals surface area contributed by atoms with Gasteiger partial charge < -0.3 is 20.7 Å². The highest BCUT2D eigenvalue weighted by Gasteiger charge is 2.20. The Morgan fingerprint density at radius 3 is 2.39 bits per heavy atom. The Kier molecular flexibility index (Phi) is 7.90. The van der Waals surface area contributed by atoms with Crippen molar-refractivity contribution in [2.24, 2.45) is 11.7 Å². The van der Waals surface area contributed by atoms with E-state index < -0.39 is 6.04 Å². The van der Waals surface area contributed by atoms with Crippen molar-refractivity contribution in [3.05, 3.63) is 0 Å². The van der Waals surface area contributed by atoms with Gasteiger partial charge in [-0.25, -0.2) is 0 Å². The fourth-order valence-electron chi connectivity index (χ4n) is 1.51. The van der Waals surface area contributed by atoms with Crippen LogP contribution in [0, 0.1) is 5.92 Å². The lowest BCUT2D eigenvalue weighted by molar-refractivity contribution is -0.136. The number of carbonyl (C=O) groups excluding carboxylic acids is 2. The van der Waals surface area contributed by atoms with Crippen molar-refractivity contribution < 1.29 is 14.3 Å². The third-order valence-electron chi connectivity index (χ3n) is 2.80. The summed E-state index contributed by atoms with van der Waals surface area (Å²) in [6.07, 6.45) is 0. The molecule has 1 saturated heterocycles. The van der Waals surface area contributed by atoms with E-state index in [0.717, 1.165) is 0 Å². The molecule has 1 aliphatic rings. The third-order valence-corrected chi connectivity index (χ3v) is 2.80. The molecule has 3 N–H and O–H groups in total. The van der Waals surface area contributed by atoms with E-state index in [0.29, 0.717) is 26.3 Å². The van der Waals surface area contributed by atoms with E-state index >= 15 is 0 Å². The first kappa shape index (κ1) is 17.2. The second-order valence-corrected chi connectivity index (χ2v) is 4.48. The van der Waals surface area contributed by atoms with Crippen molar-refractivity contribution in [3.63, 3.8) is 0 Å². The van der Waals surface area contributed by atoms with E-state index in [-0.39, 0.29) is 36.7 Å². The topological polar surface area (TPSA) is 84.7 Å². The molecule has 0 unspecified atom stereocenters. The molecule has 7 heteroatoms. The maximum Gasteiger partial charge on any atom is 0.242 e. The van der Waals surface area contributed by atoms with Gasteiger partial charge in [0.15, 0.2) is 0 Å². The predicted molar refractivity (Wildman–Crippen MR) is 70.5 cm³/mol. The standard InChI is InChI=1S/C11H21N3O3.ClH/c1-8(2)10(12)11(16)13-7-9(15)14-3-5-17-6-4-14;/h8,10H,3-7,12H2,1-2H3,(H,13,16);1H/t10-;/m0./s1. The molecule has 6 nitrogen and oxygen atoms in total. The summed E-state index contributed by atoms with van der Waals surface area (Å²) in [5, 5.41) is 2.56. The number of carbonyl (C=O) groups is 2. The van der Waals surface area contributed by atoms with E-state index in [4.69, 9.17) is 10.5 Å². The normalized spacial score (nSPS) is 17.0. The zero-order chi connectivity index (χ0) is 12.8. The second-order valence-electron chi connectivity index (χ2n) is 4.48. The summed E-state index contributed by atoms with van der Waals surface area (Å²) in [4.78, 5) is 24.9. The molecular formula is C11H22ClN3O3. The van der Waals surface area contributed by atoms with E-state index in [9.17, 15) is 9.59 Å². The molecule has 1 heterocycles. The van der Waals surface area contributed by atoms with Crippen molar-refractivity contribution >= 4 is 24.2 Å². The van der Waals surface area contributed by atoms with Crippen molar-refractivity contribution in [3.8, 4) is 0 Å². The maximum atomic E-state index is 11.7. The fourth-order valence-corrected chi connectivity index (χ4v) is 1.51. The quantitative estimate of drug-likeness (QED) is 0.717. The molecule has 18 heavy (non-hydrogen) atoms. The summed E-state index contributed by atoms with van der Waals surface area (Å²) < 4.78 is 5.14. The van der Waals surface area contributed by atoms with Gasteiger partial charge in [-0.2, -0.15) is 0 Å². The largest absolute Gasteiger partial charge is 0.378 e. The minimum absolute atomic E-state index is 0. The maximum absolute atomic E-state index is 11.7. The van der Waals surface area contributed by atoms with Crippen LogP contribution in [0.2, 0.25) is 0 Å². The molecule has 1 rings (SSSR count). The van der Waals surface area contributed by atoms with Gasteiger partial charge in [-0.1, -0.05) is 13.8 Å². The monoisotopic (exact) mass is 279 g/mol. The Labute approximate surface area is 114 Å². The van der Waals surface area contributed by atoms with E-state index in [1.165, 1.54) is 0 Å². The van der Waals surface area contributed by atoms with Gasteiger partial charge in [-0.05, 0) is 5.92 Å². The molecule has 0 bridgehead atoms. The molecule has 0 saturated carbocycles. The molecule has 0 radical (unpaired) electrons. The Bertz CT molecular complexity index is 281. The first-order valence-electron chi connectivity index (χ1n) is 5.91. The molecule has 0 aromatic rings. The van der Waals surface area contributed by atoms with Crippen molar-refractivity contribution in [2.45, 2.75) is 19.9 Å². The summed E-state index contributed by atoms with van der Waals surface area (Å²) >= 11 is 0. The average Bonchev–Trinajstić information content (AvgIpc) is 2.35. The zero-order valence-electron chi connectivity index (χ0n) is 10.8. The molecule has 1 atom stereocenters. The lowest BCUT2D eigenvalue weighted by Gasteiger charge is -2.27. The second kappa shape index (κ2) is 8.29. The van der Waals surface area contributed by atoms with Crippen LogP contribution < -0.4 is 11.1 Å². The minimum Gasteiger partial charge on any atom is -0.378 e. The number of halogens is 1. The molecule has 2 amide bonds. The van der Waals surface area contributed by atoms with Crippen LogP contribution in [-0.4, -0.2) is 55.6 Å². The summed E-state index contributed by atoms with van der Waals surface area (Å²) in [5.74, 6) is -0.298. The Morgan fingerprint density at radius 1 is 1.33 bits per heavy atom. The van der Waals surface area contributed by atoms with Crippen LogP contribution in [0.4, 0.5) is 0 Å². The van der Waals surface area contributed by atoms with Crippen molar-refractivity contribution in [1.29, 1.82) is 0 Å². The van der Waals surface area contributed by atoms with Gasteiger partial charge in [0.2, 0.25) is 11.8 Å². The molecule has 106 valence electrons. The predicted octanol–water partition coefficient (Wildman–Crippen LogP) is -0.633. The molecule has 0 spiro atoms. The molecule has 1 aliphatic heterocycles. The molecule has 0 aromatic heterocycles. The van der Waals surface area contributed by atoms with E-state index in [1.807, 2.05) is 13.8 Å². The van der Waals surface area contributed by atoms with Crippen LogP contribution in [0.5, 0.6) is 0 Å². The van der Waals surface area contributed by atoms with Gasteiger partial charge >= 0.3 is 0 Å². The Balaban J connectivity index is 0.00000289. The number of ether oxygens (including phenoxy) is 1. The lowest BCUT2D eigenvalue weighted by Crippen LogP contribution is -2.49. The molecule has 0 aliphatic carbocycles. The number of hydrogen-bond donors (Lipinski definition) is 2. The van der Waals surface area contributed by atoms with Gasteiger partial charge in [0.25, 0.3) is 0 Å². The lowest BCUT2D eigenvalue weighted by atomic mass is 10.1. The number of hydrogen-bond acceptors (Lipinski definition) is 4. The van der Waals surface area contributed by atoms with E-state index in [1.54, 1.807) is 4.90 Å². The average molecular weight is 280 g/mol. The SMILES string of the molecule is CC(C)[C@H](N)C(=O)NCC(=O)N1CCOCC1.Cl. The Morgan fingerprint density at radius 2 is 1.89 bits per heavy atom. The first-order valence-corrected chi connectivity index (χ1v) is 5.91. The fraction of sp³-hybridized carbons (Fsp3) is 0.818. The van der Waals surface area contributed by atoms with Gasteiger partial charge in [-0.15, -0.1) is 12.4 Å². The molecule has 1 fully saturated rings. The number of nitrogens with two attached hydrogens (primary N) is 1. The van der Waals surface area contributed by atoms with Gasteiger partial charge in [-0.3, -0.25) is 9.59 Å². The van der Waals surface area contributed by atoms with Crippen LogP contribution in [0.25, 0.3) is 0 Å². The Hall–Kier alpha value is -0.850. The third kappa shape index (κ3) is 5.20. The van der Waals surface area contributed by atoms with E-state index in [2.05, 4.69) is 5.32 Å². The van der Waals surface area contributed by atoms with Crippen LogP contribution in [0.3, 0.4) is 0 Å². The first-order chi connectivity index (χ1) is 8.02. The number of nitrogens with zero attached hydrogens (tertiary/aromatic N) is 1. The smallest absolute Gasteiger partial charge is 0.242 e. The number of rotatable bonds is 4. The summed E-state index contributed by atoms with van der Waals surface area (Å²) in [5.41, 5.74) is 5.67. The number of nitrogens with one attached hydrogen (secondary N) is 1. The van der Waals surface area contributed by atoms with Crippen LogP contribution in [0.15, 0.2) is 0 Å². The summed E-state index contributed by atoms with van der Waals surface area (Å²) in [6, 6.07) is -0.563. The van der Waals surface area contributed by atoms with Gasteiger partial charge in [0, 0.05) is 13.1 Å². The van der Waals surface area contributed by atoms with Crippen molar-refractivity contribution in [1.82, 2.24) is 10.2 Å². The number of morpholine rings is 1. The highest BCUT2D eigenvalue weighted by Crippen LogP contribution is 1.99. The van der Waals surface area contributed by atoms with Gasteiger partial charge in [0.05, 0.1) is 25.8 Å². The van der Waals surface area contributed by atoms with Crippen LogP contribution in [-0.2, 0) is 14.3 Å². The van der Waals surface area contributed by atoms with Gasteiger partial charge in [0.1, 0.15) is 0 Å². The molecular weight excluding hydrogens is 258 g/mol. The summed E-state index contributed by atoms with van der Waals surface area (Å²) in [7, 11) is 0. The summed E-state index contributed by atoms with van der Waals surface area (Å²) in [6.45, 7) is 6.05.